The number of nitrogens with one attached hydrogen (secondary N) is 1. The molecule has 3 aromatic rings. The molecule has 0 aliphatic carbocycles. The Balaban J connectivity index is 2.20. The first kappa shape index (κ1) is 15.0. The molecule has 0 amide bonds. The maximum absolute atomic E-state index is 11.2. The lowest BCUT2D eigenvalue weighted by molar-refractivity contribution is -0.423. The van der Waals surface area contributed by atoms with Crippen molar-refractivity contribution < 1.29 is 4.92 Å². The molecular weight excluding hydrogens is 288 g/mol. The average Bonchev–Trinajstić information content (AvgIpc) is 2.99. The van der Waals surface area contributed by atoms with Crippen molar-refractivity contribution >= 4 is 27.2 Å². The number of H-pyrrole nitrogens is 1. The highest BCUT2D eigenvalue weighted by Gasteiger charge is 2.13. The van der Waals surface area contributed by atoms with E-state index in [0.717, 1.165) is 33.7 Å². The molecule has 2 aromatic carbocycles. The first-order valence-corrected chi connectivity index (χ1v) is 7.63. The third-order valence-corrected chi connectivity index (χ3v) is 4.01. The second kappa shape index (κ2) is 6.08. The van der Waals surface area contributed by atoms with Crippen LogP contribution in [0.25, 0.3) is 27.2 Å². The Morgan fingerprint density at radius 1 is 1.17 bits per heavy atom. The molecule has 116 valence electrons. The van der Waals surface area contributed by atoms with Crippen molar-refractivity contribution in [3.8, 4) is 0 Å². The van der Waals surface area contributed by atoms with Gasteiger partial charge in [-0.15, -0.1) is 0 Å². The summed E-state index contributed by atoms with van der Waals surface area (Å²) in [4.78, 5) is 14.1. The fourth-order valence-electron chi connectivity index (χ4n) is 2.73. The van der Waals surface area contributed by atoms with E-state index in [0.29, 0.717) is 5.57 Å². The third kappa shape index (κ3) is 2.88. The van der Waals surface area contributed by atoms with Gasteiger partial charge in [0.15, 0.2) is 0 Å². The summed E-state index contributed by atoms with van der Waals surface area (Å²) in [7, 11) is 0. The maximum Gasteiger partial charge on any atom is 0.250 e. The second-order valence-corrected chi connectivity index (χ2v) is 5.55. The predicted molar refractivity (Wildman–Crippen MR) is 94.8 cm³/mol. The van der Waals surface area contributed by atoms with Crippen molar-refractivity contribution in [2.75, 3.05) is 0 Å². The highest BCUT2D eigenvalue weighted by Crippen LogP contribution is 2.28. The molecule has 0 saturated heterocycles. The van der Waals surface area contributed by atoms with Crippen LogP contribution in [0.1, 0.15) is 25.8 Å². The van der Waals surface area contributed by atoms with Gasteiger partial charge >= 0.3 is 0 Å². The Morgan fingerprint density at radius 3 is 2.74 bits per heavy atom. The lowest BCUT2D eigenvalue weighted by Gasteiger charge is -2.06. The zero-order valence-electron chi connectivity index (χ0n) is 13.2. The summed E-state index contributed by atoms with van der Waals surface area (Å²) in [6, 6.07) is 12.2. The fourth-order valence-corrected chi connectivity index (χ4v) is 2.73. The molecule has 1 aromatic heterocycles. The summed E-state index contributed by atoms with van der Waals surface area (Å²) in [5.74, 6) is 0. The number of aromatic amines is 1. The van der Waals surface area contributed by atoms with Crippen LogP contribution in [0.3, 0.4) is 0 Å². The minimum Gasteiger partial charge on any atom is -0.361 e. The standard InChI is InChI=1S/C19H18N2O2/c1-3-4-5-18(13(2)21(22)23)15-7-6-14-10-16-8-9-20-19(16)12-17(14)11-15/h4-12,20H,3H2,1-2H3/b5-4-,18-13-. The summed E-state index contributed by atoms with van der Waals surface area (Å²) in [5.41, 5.74) is 2.75. The van der Waals surface area contributed by atoms with Gasteiger partial charge in [0.2, 0.25) is 0 Å². The van der Waals surface area contributed by atoms with Gasteiger partial charge in [-0.2, -0.15) is 0 Å². The number of aromatic nitrogens is 1. The Kier molecular flexibility index (Phi) is 3.98. The topological polar surface area (TPSA) is 58.9 Å². The summed E-state index contributed by atoms with van der Waals surface area (Å²) in [6.45, 7) is 3.56. The minimum atomic E-state index is -0.326. The Hall–Kier alpha value is -2.88. The molecule has 3 rings (SSSR count). The van der Waals surface area contributed by atoms with Crippen molar-refractivity contribution in [1.29, 1.82) is 0 Å². The van der Waals surface area contributed by atoms with E-state index in [-0.39, 0.29) is 10.6 Å². The van der Waals surface area contributed by atoms with E-state index in [1.807, 2.05) is 49.5 Å². The smallest absolute Gasteiger partial charge is 0.250 e. The van der Waals surface area contributed by atoms with E-state index in [4.69, 9.17) is 0 Å². The molecule has 0 aliphatic rings. The van der Waals surface area contributed by atoms with Gasteiger partial charge in [-0.3, -0.25) is 10.1 Å². The summed E-state index contributed by atoms with van der Waals surface area (Å²) in [5, 5.41) is 14.5. The van der Waals surface area contributed by atoms with Crippen molar-refractivity contribution in [2.45, 2.75) is 20.3 Å². The second-order valence-electron chi connectivity index (χ2n) is 5.55. The van der Waals surface area contributed by atoms with Crippen LogP contribution in [-0.4, -0.2) is 9.91 Å². The maximum atomic E-state index is 11.2. The number of nitrogens with zero attached hydrogens (tertiary/aromatic N) is 1. The normalized spacial score (nSPS) is 13.0. The summed E-state index contributed by atoms with van der Waals surface area (Å²) in [6.07, 6.45) is 6.54. The van der Waals surface area contributed by atoms with Gasteiger partial charge in [-0.1, -0.05) is 31.2 Å². The van der Waals surface area contributed by atoms with Crippen molar-refractivity contribution in [1.82, 2.24) is 4.98 Å². The van der Waals surface area contributed by atoms with Gasteiger partial charge in [0.05, 0.1) is 10.5 Å². The molecule has 0 atom stereocenters. The molecule has 0 aliphatic heterocycles. The summed E-state index contributed by atoms with van der Waals surface area (Å²) < 4.78 is 0. The van der Waals surface area contributed by atoms with Gasteiger partial charge in [-0.05, 0) is 52.4 Å². The van der Waals surface area contributed by atoms with Crippen LogP contribution < -0.4 is 0 Å². The van der Waals surface area contributed by atoms with Crippen LogP contribution in [0.4, 0.5) is 0 Å². The number of nitro groups is 1. The van der Waals surface area contributed by atoms with Crippen LogP contribution in [-0.2, 0) is 0 Å². The predicted octanol–water partition coefficient (Wildman–Crippen LogP) is 5.30. The number of hydrogen-bond acceptors (Lipinski definition) is 2. The molecule has 23 heavy (non-hydrogen) atoms. The zero-order chi connectivity index (χ0) is 16.4. The quantitative estimate of drug-likeness (QED) is 0.404. The van der Waals surface area contributed by atoms with E-state index in [1.165, 1.54) is 0 Å². The van der Waals surface area contributed by atoms with Crippen LogP contribution in [0.15, 0.2) is 60.4 Å². The van der Waals surface area contributed by atoms with Gasteiger partial charge in [0, 0.05) is 18.6 Å². The van der Waals surface area contributed by atoms with E-state index in [1.54, 1.807) is 6.92 Å². The lowest BCUT2D eigenvalue weighted by Crippen LogP contribution is -1.98. The number of rotatable bonds is 4. The number of allylic oxidation sites excluding steroid dienone is 4. The molecule has 4 nitrogen and oxygen atoms in total. The average molecular weight is 306 g/mol. The molecule has 0 spiro atoms. The van der Waals surface area contributed by atoms with Crippen LogP contribution in [0.2, 0.25) is 0 Å². The SMILES string of the molecule is CC/C=C\C(=C(/C)[N+](=O)[O-])c1ccc2cc3cc[nH]c3cc2c1. The van der Waals surface area contributed by atoms with Crippen molar-refractivity contribution in [3.05, 3.63) is 76.1 Å². The van der Waals surface area contributed by atoms with Crippen LogP contribution in [0, 0.1) is 10.1 Å². The molecule has 0 saturated carbocycles. The molecule has 4 heteroatoms. The van der Waals surface area contributed by atoms with Gasteiger partial charge in [-0.25, -0.2) is 0 Å². The van der Waals surface area contributed by atoms with E-state index < -0.39 is 0 Å². The van der Waals surface area contributed by atoms with Gasteiger partial charge in [0.1, 0.15) is 0 Å². The molecule has 0 radical (unpaired) electrons. The van der Waals surface area contributed by atoms with E-state index in [2.05, 4.69) is 17.1 Å². The number of benzene rings is 2. The van der Waals surface area contributed by atoms with Crippen LogP contribution >= 0.6 is 0 Å². The first-order valence-electron chi connectivity index (χ1n) is 7.63. The zero-order valence-corrected chi connectivity index (χ0v) is 13.2. The molecule has 1 N–H and O–H groups in total. The van der Waals surface area contributed by atoms with E-state index in [9.17, 15) is 10.1 Å². The Bertz CT molecular complexity index is 948. The Labute approximate surface area is 134 Å². The summed E-state index contributed by atoms with van der Waals surface area (Å²) >= 11 is 0. The van der Waals surface area contributed by atoms with Gasteiger partial charge < -0.3 is 4.98 Å². The number of hydrogen-bond donors (Lipinski definition) is 1. The number of fused-ring (bicyclic) bond motifs is 2. The van der Waals surface area contributed by atoms with Crippen molar-refractivity contribution in [3.63, 3.8) is 0 Å². The molecule has 1 heterocycles. The highest BCUT2D eigenvalue weighted by molar-refractivity contribution is 5.98. The Morgan fingerprint density at radius 2 is 2.00 bits per heavy atom. The van der Waals surface area contributed by atoms with Gasteiger partial charge in [0.25, 0.3) is 5.70 Å². The molecule has 0 unspecified atom stereocenters. The third-order valence-electron chi connectivity index (χ3n) is 4.01. The molecule has 0 bridgehead atoms. The minimum absolute atomic E-state index is 0.162. The first-order chi connectivity index (χ1) is 11.1. The van der Waals surface area contributed by atoms with Crippen molar-refractivity contribution in [2.24, 2.45) is 0 Å². The lowest BCUT2D eigenvalue weighted by atomic mass is 9.98. The van der Waals surface area contributed by atoms with Crippen LogP contribution in [0.5, 0.6) is 0 Å². The highest BCUT2D eigenvalue weighted by atomic mass is 16.6. The molecular formula is C19H18N2O2. The molecule has 0 fully saturated rings. The monoisotopic (exact) mass is 306 g/mol. The largest absolute Gasteiger partial charge is 0.361 e. The van der Waals surface area contributed by atoms with E-state index >= 15 is 0 Å². The fraction of sp³-hybridized carbons (Fsp3) is 0.158.